The van der Waals surface area contributed by atoms with Gasteiger partial charge in [0.15, 0.2) is 0 Å². The summed E-state index contributed by atoms with van der Waals surface area (Å²) in [7, 11) is 2.18. The molecular formula is C11H15N. The molecule has 1 heterocycles. The maximum Gasteiger partial charge on any atom is 0.0529 e. The highest BCUT2D eigenvalue weighted by Gasteiger charge is 2.53. The second-order valence-electron chi connectivity index (χ2n) is 4.08. The normalized spacial score (nSPS) is 31.6. The molecule has 1 saturated heterocycles. The van der Waals surface area contributed by atoms with Crippen molar-refractivity contribution in [3.8, 4) is 0 Å². The molecular weight excluding hydrogens is 146 g/mol. The molecule has 0 aromatic heterocycles. The van der Waals surface area contributed by atoms with Crippen molar-refractivity contribution in [3.63, 3.8) is 0 Å². The summed E-state index contributed by atoms with van der Waals surface area (Å²) in [6, 6.07) is 11.3. The SMILES string of the molecule is CN1[C@@H](c2ccccc2)C1(C)C. The van der Waals surface area contributed by atoms with Crippen LogP contribution in [0.2, 0.25) is 0 Å². The Hall–Kier alpha value is -0.820. The Labute approximate surface area is 74.0 Å². The van der Waals surface area contributed by atoms with Crippen molar-refractivity contribution in [3.05, 3.63) is 35.9 Å². The Morgan fingerprint density at radius 2 is 1.67 bits per heavy atom. The highest BCUT2D eigenvalue weighted by atomic mass is 15.4. The predicted octanol–water partition coefficient (Wildman–Crippen LogP) is 2.45. The second-order valence-corrected chi connectivity index (χ2v) is 4.08. The zero-order valence-corrected chi connectivity index (χ0v) is 7.91. The van der Waals surface area contributed by atoms with Crippen LogP contribution in [-0.2, 0) is 0 Å². The summed E-state index contributed by atoms with van der Waals surface area (Å²) in [5.41, 5.74) is 1.80. The van der Waals surface area contributed by atoms with Gasteiger partial charge >= 0.3 is 0 Å². The van der Waals surface area contributed by atoms with Crippen LogP contribution >= 0.6 is 0 Å². The van der Waals surface area contributed by atoms with Crippen molar-refractivity contribution in [2.75, 3.05) is 7.05 Å². The second kappa shape index (κ2) is 2.33. The molecule has 2 rings (SSSR count). The molecule has 1 unspecified atom stereocenters. The minimum atomic E-state index is 0.362. The van der Waals surface area contributed by atoms with Crippen LogP contribution < -0.4 is 0 Å². The molecule has 0 saturated carbocycles. The summed E-state index contributed by atoms with van der Waals surface area (Å²) in [5, 5.41) is 0. The van der Waals surface area contributed by atoms with Gasteiger partial charge in [-0.25, -0.2) is 0 Å². The van der Waals surface area contributed by atoms with Crippen LogP contribution in [0.4, 0.5) is 0 Å². The third-order valence-corrected chi connectivity index (χ3v) is 3.01. The van der Waals surface area contributed by atoms with E-state index in [4.69, 9.17) is 0 Å². The van der Waals surface area contributed by atoms with Crippen molar-refractivity contribution >= 4 is 0 Å². The fourth-order valence-corrected chi connectivity index (χ4v) is 1.94. The molecule has 0 bridgehead atoms. The molecule has 2 atom stereocenters. The lowest BCUT2D eigenvalue weighted by Crippen LogP contribution is -2.02. The summed E-state index contributed by atoms with van der Waals surface area (Å²) >= 11 is 0. The topological polar surface area (TPSA) is 3.01 Å². The third kappa shape index (κ3) is 0.969. The van der Waals surface area contributed by atoms with E-state index in [0.29, 0.717) is 11.6 Å². The molecule has 0 aliphatic carbocycles. The van der Waals surface area contributed by atoms with Gasteiger partial charge in [0.2, 0.25) is 0 Å². The average molecular weight is 161 g/mol. The molecule has 0 N–H and O–H groups in total. The summed E-state index contributed by atoms with van der Waals surface area (Å²) in [6.07, 6.45) is 0. The number of hydrogen-bond donors (Lipinski definition) is 0. The lowest BCUT2D eigenvalue weighted by Gasteiger charge is -1.98. The van der Waals surface area contributed by atoms with Gasteiger partial charge in [-0.3, -0.25) is 4.90 Å². The molecule has 0 spiro atoms. The Kier molecular flexibility index (Phi) is 1.52. The van der Waals surface area contributed by atoms with Crippen LogP contribution in [0.25, 0.3) is 0 Å². The zero-order valence-electron chi connectivity index (χ0n) is 7.91. The molecule has 1 fully saturated rings. The maximum absolute atomic E-state index is 2.39. The molecule has 1 heteroatoms. The van der Waals surface area contributed by atoms with Crippen LogP contribution in [0.15, 0.2) is 30.3 Å². The van der Waals surface area contributed by atoms with Gasteiger partial charge in [-0.15, -0.1) is 0 Å². The number of rotatable bonds is 1. The van der Waals surface area contributed by atoms with Crippen LogP contribution in [0.3, 0.4) is 0 Å². The zero-order chi connectivity index (χ0) is 8.77. The van der Waals surface area contributed by atoms with Gasteiger partial charge in [-0.1, -0.05) is 30.3 Å². The molecule has 1 aromatic rings. The molecule has 1 aliphatic heterocycles. The molecule has 64 valence electrons. The Morgan fingerprint density at radius 3 is 2.08 bits per heavy atom. The number of benzene rings is 1. The van der Waals surface area contributed by atoms with Gasteiger partial charge in [-0.2, -0.15) is 0 Å². The minimum Gasteiger partial charge on any atom is -0.290 e. The van der Waals surface area contributed by atoms with Crippen molar-refractivity contribution in [1.82, 2.24) is 4.90 Å². The summed E-state index contributed by atoms with van der Waals surface area (Å²) in [5.74, 6) is 0. The third-order valence-electron chi connectivity index (χ3n) is 3.01. The van der Waals surface area contributed by atoms with E-state index in [9.17, 15) is 0 Å². The van der Waals surface area contributed by atoms with Crippen molar-refractivity contribution < 1.29 is 0 Å². The van der Waals surface area contributed by atoms with Gasteiger partial charge in [0.05, 0.1) is 6.04 Å². The van der Waals surface area contributed by atoms with E-state index in [1.54, 1.807) is 0 Å². The van der Waals surface area contributed by atoms with Crippen LogP contribution in [0.5, 0.6) is 0 Å². The highest BCUT2D eigenvalue weighted by molar-refractivity contribution is 5.29. The van der Waals surface area contributed by atoms with E-state index < -0.39 is 0 Å². The monoisotopic (exact) mass is 161 g/mol. The molecule has 1 aliphatic rings. The molecule has 0 amide bonds. The Morgan fingerprint density at radius 1 is 1.17 bits per heavy atom. The Balaban J connectivity index is 2.25. The van der Waals surface area contributed by atoms with Gasteiger partial charge in [-0.05, 0) is 26.5 Å². The smallest absolute Gasteiger partial charge is 0.0529 e. The number of nitrogens with zero attached hydrogens (tertiary/aromatic N) is 1. The molecule has 1 nitrogen and oxygen atoms in total. The molecule has 12 heavy (non-hydrogen) atoms. The van der Waals surface area contributed by atoms with Crippen LogP contribution in [-0.4, -0.2) is 17.5 Å². The van der Waals surface area contributed by atoms with Crippen molar-refractivity contribution in [2.24, 2.45) is 0 Å². The average Bonchev–Trinajstić information content (AvgIpc) is 2.53. The van der Waals surface area contributed by atoms with Gasteiger partial charge in [0.1, 0.15) is 0 Å². The standard InChI is InChI=1S/C11H15N/c1-11(2)10(12(11)3)9-7-5-4-6-8-9/h4-8,10H,1-3H3/t10-,12?/m0/s1. The van der Waals surface area contributed by atoms with Crippen LogP contribution in [0.1, 0.15) is 25.5 Å². The number of likely N-dealkylation sites (N-methyl/N-ethyl adjacent to an activating group) is 1. The van der Waals surface area contributed by atoms with E-state index in [1.165, 1.54) is 5.56 Å². The van der Waals surface area contributed by atoms with E-state index >= 15 is 0 Å². The summed E-state index contributed by atoms with van der Waals surface area (Å²) < 4.78 is 0. The first-order valence-electron chi connectivity index (χ1n) is 4.42. The molecule has 1 aromatic carbocycles. The summed E-state index contributed by atoms with van der Waals surface area (Å²) in [6.45, 7) is 4.56. The lowest BCUT2D eigenvalue weighted by molar-refractivity contribution is 0.523. The van der Waals surface area contributed by atoms with E-state index in [2.05, 4.69) is 56.1 Å². The summed E-state index contributed by atoms with van der Waals surface area (Å²) in [4.78, 5) is 2.39. The van der Waals surface area contributed by atoms with E-state index in [1.807, 2.05) is 0 Å². The minimum absolute atomic E-state index is 0.362. The van der Waals surface area contributed by atoms with Gasteiger partial charge < -0.3 is 0 Å². The van der Waals surface area contributed by atoms with Gasteiger partial charge in [0, 0.05) is 5.54 Å². The first-order valence-corrected chi connectivity index (χ1v) is 4.42. The fourth-order valence-electron chi connectivity index (χ4n) is 1.94. The quantitative estimate of drug-likeness (QED) is 0.572. The first-order chi connectivity index (χ1) is 5.64. The maximum atomic E-state index is 2.39. The highest BCUT2D eigenvalue weighted by Crippen LogP contribution is 2.50. The van der Waals surface area contributed by atoms with Crippen molar-refractivity contribution in [1.29, 1.82) is 0 Å². The molecule has 0 radical (unpaired) electrons. The fraction of sp³-hybridized carbons (Fsp3) is 0.455. The first kappa shape index (κ1) is 7.81. The van der Waals surface area contributed by atoms with Crippen LogP contribution in [0, 0.1) is 0 Å². The van der Waals surface area contributed by atoms with E-state index in [0.717, 1.165) is 0 Å². The van der Waals surface area contributed by atoms with E-state index in [-0.39, 0.29) is 0 Å². The van der Waals surface area contributed by atoms with Crippen molar-refractivity contribution in [2.45, 2.75) is 25.4 Å². The Bertz CT molecular complexity index is 276. The predicted molar refractivity (Wildman–Crippen MR) is 51.0 cm³/mol. The van der Waals surface area contributed by atoms with Gasteiger partial charge in [0.25, 0.3) is 0 Å². The largest absolute Gasteiger partial charge is 0.290 e. The number of hydrogen-bond acceptors (Lipinski definition) is 1. The lowest BCUT2D eigenvalue weighted by atomic mass is 10.0.